The van der Waals surface area contributed by atoms with Crippen molar-refractivity contribution in [2.24, 2.45) is 0 Å². The summed E-state index contributed by atoms with van der Waals surface area (Å²) < 4.78 is 33.1. The molecule has 1 amide bonds. The lowest BCUT2D eigenvalue weighted by atomic mass is 10.2. The predicted molar refractivity (Wildman–Crippen MR) is 66.6 cm³/mol. The van der Waals surface area contributed by atoms with E-state index in [1.54, 1.807) is 6.92 Å². The summed E-state index contributed by atoms with van der Waals surface area (Å²) >= 11 is 0. The molecule has 0 bridgehead atoms. The van der Waals surface area contributed by atoms with Gasteiger partial charge in [-0.2, -0.15) is 8.78 Å². The fraction of sp³-hybridized carbons (Fsp3) is 0.385. The number of ether oxygens (including phenoxy) is 2. The molecule has 0 aromatic heterocycles. The van der Waals surface area contributed by atoms with E-state index < -0.39 is 24.5 Å². The molecule has 1 aromatic carbocycles. The largest absolute Gasteiger partial charge is 0.464 e. The fourth-order valence-electron chi connectivity index (χ4n) is 1.42. The van der Waals surface area contributed by atoms with Gasteiger partial charge in [0.15, 0.2) is 0 Å². The highest BCUT2D eigenvalue weighted by Gasteiger charge is 2.18. The van der Waals surface area contributed by atoms with Gasteiger partial charge in [0, 0.05) is 5.56 Å². The van der Waals surface area contributed by atoms with E-state index in [1.165, 1.54) is 31.2 Å². The molecule has 1 rings (SSSR count). The van der Waals surface area contributed by atoms with Gasteiger partial charge >= 0.3 is 12.6 Å². The summed E-state index contributed by atoms with van der Waals surface area (Å²) in [5, 5.41) is 2.40. The SMILES string of the molecule is CCOC(=O)C(C)NC(=O)c1cccc(OC(F)F)c1. The second kappa shape index (κ2) is 7.42. The van der Waals surface area contributed by atoms with Crippen LogP contribution in [0.25, 0.3) is 0 Å². The predicted octanol–water partition coefficient (Wildman–Crippen LogP) is 1.97. The molecule has 0 fully saturated rings. The quantitative estimate of drug-likeness (QED) is 0.812. The lowest BCUT2D eigenvalue weighted by Gasteiger charge is -2.13. The molecule has 20 heavy (non-hydrogen) atoms. The molecular weight excluding hydrogens is 272 g/mol. The highest BCUT2D eigenvalue weighted by atomic mass is 19.3. The topological polar surface area (TPSA) is 64.6 Å². The van der Waals surface area contributed by atoms with Gasteiger partial charge in [-0.25, -0.2) is 4.79 Å². The molecule has 0 saturated carbocycles. The normalized spacial score (nSPS) is 11.8. The van der Waals surface area contributed by atoms with Crippen molar-refractivity contribution in [3.05, 3.63) is 29.8 Å². The number of amides is 1. The highest BCUT2D eigenvalue weighted by Crippen LogP contribution is 2.16. The molecule has 0 aliphatic heterocycles. The molecule has 0 spiro atoms. The first-order valence-corrected chi connectivity index (χ1v) is 5.96. The number of carbonyl (C=O) groups excluding carboxylic acids is 2. The molecule has 5 nitrogen and oxygen atoms in total. The minimum absolute atomic E-state index is 0.110. The first-order valence-electron chi connectivity index (χ1n) is 5.96. The first-order chi connectivity index (χ1) is 9.43. The van der Waals surface area contributed by atoms with Crippen LogP contribution >= 0.6 is 0 Å². The van der Waals surface area contributed by atoms with Gasteiger partial charge in [0.2, 0.25) is 0 Å². The van der Waals surface area contributed by atoms with Gasteiger partial charge in [0.1, 0.15) is 11.8 Å². The number of hydrogen-bond acceptors (Lipinski definition) is 4. The van der Waals surface area contributed by atoms with Crippen LogP contribution in [0, 0.1) is 0 Å². The van der Waals surface area contributed by atoms with Crippen molar-refractivity contribution in [1.29, 1.82) is 0 Å². The molecule has 0 aliphatic carbocycles. The summed E-state index contributed by atoms with van der Waals surface area (Å²) in [5.74, 6) is -1.28. The Bertz CT molecular complexity index is 479. The van der Waals surface area contributed by atoms with Gasteiger partial charge < -0.3 is 14.8 Å². The maximum Gasteiger partial charge on any atom is 0.387 e. The zero-order chi connectivity index (χ0) is 15.1. The minimum atomic E-state index is -2.97. The number of rotatable bonds is 6. The van der Waals surface area contributed by atoms with Crippen molar-refractivity contribution in [2.45, 2.75) is 26.5 Å². The Balaban J connectivity index is 2.70. The average Bonchev–Trinajstić information content (AvgIpc) is 2.38. The van der Waals surface area contributed by atoms with Gasteiger partial charge in [0.05, 0.1) is 6.61 Å². The van der Waals surface area contributed by atoms with E-state index in [0.29, 0.717) is 0 Å². The Hall–Kier alpha value is -2.18. The third-order valence-electron chi connectivity index (χ3n) is 2.31. The lowest BCUT2D eigenvalue weighted by Crippen LogP contribution is -2.39. The molecule has 1 aromatic rings. The second-order valence-corrected chi connectivity index (χ2v) is 3.85. The third kappa shape index (κ3) is 4.83. The van der Waals surface area contributed by atoms with E-state index in [9.17, 15) is 18.4 Å². The summed E-state index contributed by atoms with van der Waals surface area (Å²) in [6.45, 7) is 0.357. The average molecular weight is 287 g/mol. The number of halogens is 2. The Morgan fingerprint density at radius 2 is 2.05 bits per heavy atom. The minimum Gasteiger partial charge on any atom is -0.464 e. The summed E-state index contributed by atoms with van der Waals surface area (Å²) in [6, 6.07) is 4.46. The van der Waals surface area contributed by atoms with Gasteiger partial charge in [-0.05, 0) is 32.0 Å². The summed E-state index contributed by atoms with van der Waals surface area (Å²) in [6.07, 6.45) is 0. The van der Waals surface area contributed by atoms with Crippen LogP contribution in [0.2, 0.25) is 0 Å². The molecule has 0 radical (unpaired) electrons. The Morgan fingerprint density at radius 1 is 1.35 bits per heavy atom. The van der Waals surface area contributed by atoms with E-state index in [-0.39, 0.29) is 17.9 Å². The van der Waals surface area contributed by atoms with Gasteiger partial charge in [-0.3, -0.25) is 4.79 Å². The number of hydrogen-bond donors (Lipinski definition) is 1. The molecule has 1 N–H and O–H groups in total. The van der Waals surface area contributed by atoms with E-state index in [0.717, 1.165) is 0 Å². The molecule has 0 heterocycles. The maximum absolute atomic E-state index is 12.1. The number of carbonyl (C=O) groups is 2. The summed E-state index contributed by atoms with van der Waals surface area (Å²) in [4.78, 5) is 23.2. The molecule has 1 unspecified atom stereocenters. The van der Waals surface area contributed by atoms with Crippen LogP contribution < -0.4 is 10.1 Å². The molecule has 1 atom stereocenters. The zero-order valence-corrected chi connectivity index (χ0v) is 11.1. The van der Waals surface area contributed by atoms with Crippen LogP contribution in [0.5, 0.6) is 5.75 Å². The fourth-order valence-corrected chi connectivity index (χ4v) is 1.42. The molecular formula is C13H15F2NO4. The van der Waals surface area contributed by atoms with E-state index in [2.05, 4.69) is 10.1 Å². The maximum atomic E-state index is 12.1. The Morgan fingerprint density at radius 3 is 2.65 bits per heavy atom. The van der Waals surface area contributed by atoms with Gasteiger partial charge in [0.25, 0.3) is 5.91 Å². The standard InChI is InChI=1S/C13H15F2NO4/c1-3-19-12(18)8(2)16-11(17)9-5-4-6-10(7-9)20-13(14)15/h4-8,13H,3H2,1-2H3,(H,16,17). The summed E-state index contributed by atoms with van der Waals surface area (Å²) in [7, 11) is 0. The first kappa shape index (κ1) is 15.9. The zero-order valence-electron chi connectivity index (χ0n) is 11.1. The van der Waals surface area contributed by atoms with Crippen LogP contribution in [-0.4, -0.2) is 31.1 Å². The van der Waals surface area contributed by atoms with Crippen molar-refractivity contribution in [3.63, 3.8) is 0 Å². The molecule has 0 saturated heterocycles. The number of esters is 1. The highest BCUT2D eigenvalue weighted by molar-refractivity contribution is 5.97. The van der Waals surface area contributed by atoms with Crippen molar-refractivity contribution in [2.75, 3.05) is 6.61 Å². The lowest BCUT2D eigenvalue weighted by molar-refractivity contribution is -0.144. The Kier molecular flexibility index (Phi) is 5.89. The number of benzene rings is 1. The van der Waals surface area contributed by atoms with Gasteiger partial charge in [-0.1, -0.05) is 6.07 Å². The summed E-state index contributed by atoms with van der Waals surface area (Å²) in [5.41, 5.74) is 0.110. The second-order valence-electron chi connectivity index (χ2n) is 3.85. The third-order valence-corrected chi connectivity index (χ3v) is 2.31. The van der Waals surface area contributed by atoms with E-state index >= 15 is 0 Å². The van der Waals surface area contributed by atoms with Crippen molar-refractivity contribution >= 4 is 11.9 Å². The molecule has 110 valence electrons. The van der Waals surface area contributed by atoms with E-state index in [4.69, 9.17) is 4.74 Å². The van der Waals surface area contributed by atoms with E-state index in [1.807, 2.05) is 0 Å². The number of alkyl halides is 2. The van der Waals surface area contributed by atoms with Crippen LogP contribution in [0.3, 0.4) is 0 Å². The molecule has 7 heteroatoms. The molecule has 0 aliphatic rings. The van der Waals surface area contributed by atoms with Crippen LogP contribution in [0.15, 0.2) is 24.3 Å². The van der Waals surface area contributed by atoms with Crippen LogP contribution in [-0.2, 0) is 9.53 Å². The van der Waals surface area contributed by atoms with Crippen LogP contribution in [0.4, 0.5) is 8.78 Å². The van der Waals surface area contributed by atoms with Crippen LogP contribution in [0.1, 0.15) is 24.2 Å². The van der Waals surface area contributed by atoms with Crippen molar-refractivity contribution < 1.29 is 27.8 Å². The van der Waals surface area contributed by atoms with Crippen molar-refractivity contribution in [1.82, 2.24) is 5.32 Å². The number of nitrogens with one attached hydrogen (secondary N) is 1. The Labute approximate surface area is 114 Å². The van der Waals surface area contributed by atoms with Crippen molar-refractivity contribution in [3.8, 4) is 5.75 Å². The monoisotopic (exact) mass is 287 g/mol. The smallest absolute Gasteiger partial charge is 0.387 e. The van der Waals surface area contributed by atoms with Gasteiger partial charge in [-0.15, -0.1) is 0 Å².